The summed E-state index contributed by atoms with van der Waals surface area (Å²) in [5, 5.41) is 7.85. The fourth-order valence-corrected chi connectivity index (χ4v) is 2.73. The second kappa shape index (κ2) is 7.15. The second-order valence-electron chi connectivity index (χ2n) is 5.09. The normalized spacial score (nSPS) is 10.7. The highest BCUT2D eigenvalue weighted by atomic mass is 32.1. The van der Waals surface area contributed by atoms with E-state index in [4.69, 9.17) is 4.52 Å². The van der Waals surface area contributed by atoms with E-state index in [-0.39, 0.29) is 5.91 Å². The number of aryl methyl sites for hydroxylation is 1. The third-order valence-corrected chi connectivity index (χ3v) is 4.03. The van der Waals surface area contributed by atoms with Gasteiger partial charge in [-0.3, -0.25) is 9.78 Å². The molecule has 0 spiro atoms. The van der Waals surface area contributed by atoms with Crippen LogP contribution in [0.1, 0.15) is 18.0 Å². The molecule has 3 heterocycles. The average molecular weight is 328 g/mol. The van der Waals surface area contributed by atoms with E-state index in [0.717, 1.165) is 11.3 Å². The Balaban J connectivity index is 1.52. The number of amides is 1. The first-order chi connectivity index (χ1) is 11.2. The van der Waals surface area contributed by atoms with E-state index in [1.165, 1.54) is 0 Å². The molecule has 0 fully saturated rings. The molecule has 0 unspecified atom stereocenters. The number of pyridine rings is 1. The molecule has 7 heteroatoms. The van der Waals surface area contributed by atoms with E-state index in [2.05, 4.69) is 15.1 Å². The number of hydrogen-bond acceptors (Lipinski definition) is 6. The molecule has 0 aliphatic carbocycles. The van der Waals surface area contributed by atoms with E-state index in [1.54, 1.807) is 29.5 Å². The van der Waals surface area contributed by atoms with Crippen LogP contribution in [-0.4, -0.2) is 33.0 Å². The molecule has 0 N–H and O–H groups in total. The van der Waals surface area contributed by atoms with Crippen molar-refractivity contribution in [3.63, 3.8) is 0 Å². The molecule has 0 aliphatic heterocycles. The molecule has 1 amide bonds. The average Bonchev–Trinajstić information content (AvgIpc) is 3.24. The molecular weight excluding hydrogens is 312 g/mol. The summed E-state index contributed by atoms with van der Waals surface area (Å²) in [4.78, 5) is 22.3. The van der Waals surface area contributed by atoms with E-state index in [0.29, 0.717) is 31.1 Å². The molecule has 3 aromatic rings. The topological polar surface area (TPSA) is 72.1 Å². The van der Waals surface area contributed by atoms with Gasteiger partial charge in [0.25, 0.3) is 0 Å². The first kappa shape index (κ1) is 15.4. The highest BCUT2D eigenvalue weighted by Gasteiger charge is 2.14. The standard InChI is InChI=1S/C16H16N4O2S/c1-20(10-13-4-2-3-8-17-13)15(21)6-5-14-18-16(19-22-14)12-7-9-23-11-12/h2-4,7-9,11H,5-6,10H2,1H3. The molecule has 23 heavy (non-hydrogen) atoms. The SMILES string of the molecule is CN(Cc1ccccn1)C(=O)CCc1nc(-c2ccsc2)no1. The van der Waals surface area contributed by atoms with E-state index in [9.17, 15) is 4.79 Å². The Bertz CT molecular complexity index is 756. The van der Waals surface area contributed by atoms with Crippen LogP contribution in [0, 0.1) is 0 Å². The Hall–Kier alpha value is -2.54. The zero-order valence-electron chi connectivity index (χ0n) is 12.7. The maximum atomic E-state index is 12.2. The van der Waals surface area contributed by atoms with Crippen molar-refractivity contribution >= 4 is 17.2 Å². The highest BCUT2D eigenvalue weighted by Crippen LogP contribution is 2.19. The maximum absolute atomic E-state index is 12.2. The fraction of sp³-hybridized carbons (Fsp3) is 0.250. The maximum Gasteiger partial charge on any atom is 0.227 e. The molecule has 0 radical (unpaired) electrons. The summed E-state index contributed by atoms with van der Waals surface area (Å²) in [6.07, 6.45) is 2.48. The zero-order chi connectivity index (χ0) is 16.1. The monoisotopic (exact) mass is 328 g/mol. The zero-order valence-corrected chi connectivity index (χ0v) is 13.5. The summed E-state index contributed by atoms with van der Waals surface area (Å²) in [7, 11) is 1.77. The van der Waals surface area contributed by atoms with Gasteiger partial charge in [0.2, 0.25) is 17.6 Å². The molecule has 3 aromatic heterocycles. The molecule has 0 saturated carbocycles. The van der Waals surface area contributed by atoms with Crippen molar-refractivity contribution in [1.29, 1.82) is 0 Å². The van der Waals surface area contributed by atoms with Gasteiger partial charge in [-0.1, -0.05) is 11.2 Å². The Kier molecular flexibility index (Phi) is 4.77. The van der Waals surface area contributed by atoms with Crippen LogP contribution in [-0.2, 0) is 17.8 Å². The van der Waals surface area contributed by atoms with Gasteiger partial charge in [-0.15, -0.1) is 0 Å². The minimum atomic E-state index is 0.0194. The van der Waals surface area contributed by atoms with Crippen LogP contribution >= 0.6 is 11.3 Å². The lowest BCUT2D eigenvalue weighted by molar-refractivity contribution is -0.130. The van der Waals surface area contributed by atoms with Gasteiger partial charge in [0.05, 0.1) is 12.2 Å². The van der Waals surface area contributed by atoms with E-state index >= 15 is 0 Å². The molecule has 0 bridgehead atoms. The fourth-order valence-electron chi connectivity index (χ4n) is 2.09. The van der Waals surface area contributed by atoms with Crippen LogP contribution in [0.4, 0.5) is 0 Å². The summed E-state index contributed by atoms with van der Waals surface area (Å²) in [6.45, 7) is 0.490. The summed E-state index contributed by atoms with van der Waals surface area (Å²) in [5.74, 6) is 1.06. The van der Waals surface area contributed by atoms with Gasteiger partial charge < -0.3 is 9.42 Å². The van der Waals surface area contributed by atoms with Gasteiger partial charge in [-0.2, -0.15) is 16.3 Å². The molecule has 0 atom stereocenters. The smallest absolute Gasteiger partial charge is 0.227 e. The van der Waals surface area contributed by atoms with Gasteiger partial charge in [-0.05, 0) is 23.6 Å². The highest BCUT2D eigenvalue weighted by molar-refractivity contribution is 7.08. The van der Waals surface area contributed by atoms with Crippen LogP contribution < -0.4 is 0 Å². The molecule has 0 saturated heterocycles. The van der Waals surface area contributed by atoms with Crippen molar-refractivity contribution in [2.45, 2.75) is 19.4 Å². The predicted octanol–water partition coefficient (Wildman–Crippen LogP) is 2.78. The second-order valence-corrected chi connectivity index (χ2v) is 5.87. The summed E-state index contributed by atoms with van der Waals surface area (Å²) in [6, 6.07) is 7.59. The first-order valence-electron chi connectivity index (χ1n) is 7.21. The van der Waals surface area contributed by atoms with Gasteiger partial charge in [0.1, 0.15) is 0 Å². The van der Waals surface area contributed by atoms with Crippen LogP contribution in [0.5, 0.6) is 0 Å². The quantitative estimate of drug-likeness (QED) is 0.696. The number of nitrogens with zero attached hydrogens (tertiary/aromatic N) is 4. The minimum Gasteiger partial charge on any atom is -0.340 e. The van der Waals surface area contributed by atoms with Crippen LogP contribution in [0.25, 0.3) is 11.4 Å². The molecule has 0 aromatic carbocycles. The number of aromatic nitrogens is 3. The molecular formula is C16H16N4O2S. The third kappa shape index (κ3) is 4.01. The summed E-state index contributed by atoms with van der Waals surface area (Å²) < 4.78 is 5.20. The lowest BCUT2D eigenvalue weighted by Crippen LogP contribution is -2.26. The Labute approximate surface area is 137 Å². The molecule has 0 aliphatic rings. The van der Waals surface area contributed by atoms with Gasteiger partial charge in [0.15, 0.2) is 0 Å². The Morgan fingerprint density at radius 3 is 3.00 bits per heavy atom. The minimum absolute atomic E-state index is 0.0194. The van der Waals surface area contributed by atoms with Gasteiger partial charge in [0, 0.05) is 37.0 Å². The van der Waals surface area contributed by atoms with Crippen molar-refractivity contribution in [3.05, 3.63) is 52.8 Å². The molecule has 3 rings (SSSR count). The summed E-state index contributed by atoms with van der Waals surface area (Å²) >= 11 is 1.58. The van der Waals surface area contributed by atoms with Crippen molar-refractivity contribution < 1.29 is 9.32 Å². The number of hydrogen-bond donors (Lipinski definition) is 0. The lowest BCUT2D eigenvalue weighted by atomic mass is 10.2. The largest absolute Gasteiger partial charge is 0.340 e. The predicted molar refractivity (Wildman–Crippen MR) is 86.6 cm³/mol. The molecule has 6 nitrogen and oxygen atoms in total. The Morgan fingerprint density at radius 2 is 2.26 bits per heavy atom. The number of carbonyl (C=O) groups excluding carboxylic acids is 1. The van der Waals surface area contributed by atoms with E-state index < -0.39 is 0 Å². The van der Waals surface area contributed by atoms with Gasteiger partial charge in [-0.25, -0.2) is 0 Å². The van der Waals surface area contributed by atoms with Crippen molar-refractivity contribution in [2.24, 2.45) is 0 Å². The third-order valence-electron chi connectivity index (χ3n) is 3.35. The van der Waals surface area contributed by atoms with Crippen LogP contribution in [0.15, 0.2) is 45.7 Å². The number of rotatable bonds is 6. The van der Waals surface area contributed by atoms with Crippen molar-refractivity contribution in [2.75, 3.05) is 7.05 Å². The summed E-state index contributed by atoms with van der Waals surface area (Å²) in [5.41, 5.74) is 1.80. The van der Waals surface area contributed by atoms with Crippen LogP contribution in [0.3, 0.4) is 0 Å². The molecule has 118 valence electrons. The lowest BCUT2D eigenvalue weighted by Gasteiger charge is -2.16. The van der Waals surface area contributed by atoms with Crippen molar-refractivity contribution in [3.8, 4) is 11.4 Å². The van der Waals surface area contributed by atoms with Crippen molar-refractivity contribution in [1.82, 2.24) is 20.0 Å². The number of thiophene rings is 1. The van der Waals surface area contributed by atoms with Gasteiger partial charge >= 0.3 is 0 Å². The first-order valence-corrected chi connectivity index (χ1v) is 8.15. The number of carbonyl (C=O) groups is 1. The Morgan fingerprint density at radius 1 is 1.35 bits per heavy atom. The van der Waals surface area contributed by atoms with E-state index in [1.807, 2.05) is 35.0 Å². The van der Waals surface area contributed by atoms with Crippen LogP contribution in [0.2, 0.25) is 0 Å².